The number of benzene rings is 1. The minimum Gasteiger partial charge on any atom is -0.489 e. The lowest BCUT2D eigenvalue weighted by atomic mass is 9.78. The largest absolute Gasteiger partial charge is 0.489 e. The van der Waals surface area contributed by atoms with Gasteiger partial charge in [0.1, 0.15) is 17.9 Å². The Morgan fingerprint density at radius 1 is 1.43 bits per heavy atom. The van der Waals surface area contributed by atoms with Crippen LogP contribution in [0.5, 0.6) is 5.75 Å². The van der Waals surface area contributed by atoms with Gasteiger partial charge >= 0.3 is 0 Å². The molecule has 0 unspecified atom stereocenters. The zero-order valence-electron chi connectivity index (χ0n) is 12.3. The molecule has 0 saturated carbocycles. The van der Waals surface area contributed by atoms with E-state index in [4.69, 9.17) is 13.9 Å². The van der Waals surface area contributed by atoms with Gasteiger partial charge in [-0.25, -0.2) is 4.39 Å². The fraction of sp³-hybridized carbons (Fsp3) is 0.375. The molecule has 0 aliphatic carbocycles. The van der Waals surface area contributed by atoms with E-state index in [9.17, 15) is 9.18 Å². The van der Waals surface area contributed by atoms with Crippen LogP contribution in [0, 0.1) is 5.41 Å². The number of ether oxygens (including phenoxy) is 2. The number of hydrogen-bond donors (Lipinski definition) is 0. The maximum atomic E-state index is 12.3. The number of aldehydes is 1. The Balaban J connectivity index is 1.47. The van der Waals surface area contributed by atoms with Crippen LogP contribution in [0.2, 0.25) is 0 Å². The molecule has 3 heterocycles. The van der Waals surface area contributed by atoms with Crippen LogP contribution in [0.25, 0.3) is 11.1 Å². The Bertz CT molecular complexity index is 773. The Kier molecular flexibility index (Phi) is 3.30. The maximum absolute atomic E-state index is 12.3. The van der Waals surface area contributed by atoms with Crippen molar-refractivity contribution in [1.29, 1.82) is 0 Å². The molecule has 1 aromatic carbocycles. The van der Waals surface area contributed by atoms with E-state index in [2.05, 4.69) is 9.88 Å². The Hall–Kier alpha value is -2.41. The fourth-order valence-electron chi connectivity index (χ4n) is 2.85. The molecule has 120 valence electrons. The molecule has 2 aliphatic heterocycles. The zero-order valence-corrected chi connectivity index (χ0v) is 12.3. The molecule has 1 aromatic heterocycles. The van der Waals surface area contributed by atoms with E-state index in [0.29, 0.717) is 29.0 Å². The van der Waals surface area contributed by atoms with Crippen molar-refractivity contribution in [2.75, 3.05) is 37.8 Å². The Labute approximate surface area is 131 Å². The van der Waals surface area contributed by atoms with Crippen molar-refractivity contribution in [3.8, 4) is 5.75 Å². The summed E-state index contributed by atoms with van der Waals surface area (Å²) < 4.78 is 28.7. The van der Waals surface area contributed by atoms with Gasteiger partial charge in [0.05, 0.1) is 30.5 Å². The predicted octanol–water partition coefficient (Wildman–Crippen LogP) is 2.10. The lowest BCUT2D eigenvalue weighted by molar-refractivity contribution is -0.128. The summed E-state index contributed by atoms with van der Waals surface area (Å²) in [5, 5.41) is 0. The smallest absolute Gasteiger partial charge is 0.298 e. The number of fused-ring (bicyclic) bond motifs is 1. The third kappa shape index (κ3) is 2.46. The van der Waals surface area contributed by atoms with E-state index in [1.807, 2.05) is 0 Å². The maximum Gasteiger partial charge on any atom is 0.298 e. The molecule has 0 amide bonds. The summed E-state index contributed by atoms with van der Waals surface area (Å²) >= 11 is 0. The number of hydrogen-bond acceptors (Lipinski definition) is 6. The van der Waals surface area contributed by atoms with Crippen molar-refractivity contribution in [2.45, 2.75) is 0 Å². The van der Waals surface area contributed by atoms with Crippen LogP contribution in [0.1, 0.15) is 0 Å². The average molecular weight is 318 g/mol. The number of anilines is 1. The minimum atomic E-state index is -0.124. The first-order chi connectivity index (χ1) is 11.2. The second-order valence-corrected chi connectivity index (χ2v) is 6.07. The van der Waals surface area contributed by atoms with Gasteiger partial charge in [-0.3, -0.25) is 4.79 Å². The summed E-state index contributed by atoms with van der Waals surface area (Å²) in [5.41, 5.74) is 1.56. The van der Waals surface area contributed by atoms with Crippen LogP contribution in [-0.4, -0.2) is 44.2 Å². The number of nitrogens with zero attached hydrogens (tertiary/aromatic N) is 2. The normalized spacial score (nSPS) is 19.5. The second kappa shape index (κ2) is 5.34. The number of aromatic nitrogens is 1. The van der Waals surface area contributed by atoms with E-state index < -0.39 is 0 Å². The number of carbonyl (C=O) groups is 1. The predicted molar refractivity (Wildman–Crippen MR) is 80.2 cm³/mol. The van der Waals surface area contributed by atoms with Crippen molar-refractivity contribution < 1.29 is 23.1 Å². The standard InChI is InChI=1S/C16H15FN2O4/c17-4-11(5-20)6-22-12-1-2-13-14(3-12)23-15(18-13)19-7-16(8-19)9-21-10-16/h1-5H,6-10H2/b11-4-. The molecular weight excluding hydrogens is 303 g/mol. The highest BCUT2D eigenvalue weighted by Crippen LogP contribution is 2.40. The van der Waals surface area contributed by atoms with E-state index in [1.54, 1.807) is 18.2 Å². The van der Waals surface area contributed by atoms with Gasteiger partial charge in [-0.05, 0) is 12.1 Å². The highest BCUT2D eigenvalue weighted by Gasteiger charge is 2.50. The first kappa shape index (κ1) is 14.2. The first-order valence-corrected chi connectivity index (χ1v) is 7.32. The molecule has 2 fully saturated rings. The van der Waals surface area contributed by atoms with Gasteiger partial charge < -0.3 is 18.8 Å². The lowest BCUT2D eigenvalue weighted by Gasteiger charge is -2.54. The van der Waals surface area contributed by atoms with Crippen molar-refractivity contribution in [3.05, 3.63) is 30.1 Å². The molecular formula is C16H15FN2O4. The summed E-state index contributed by atoms with van der Waals surface area (Å²) in [7, 11) is 0. The van der Waals surface area contributed by atoms with Crippen molar-refractivity contribution in [1.82, 2.24) is 4.98 Å². The van der Waals surface area contributed by atoms with Crippen molar-refractivity contribution in [3.63, 3.8) is 0 Å². The molecule has 2 aliphatic rings. The molecule has 7 heteroatoms. The minimum absolute atomic E-state index is 0.0584. The fourth-order valence-corrected chi connectivity index (χ4v) is 2.85. The Morgan fingerprint density at radius 3 is 2.91 bits per heavy atom. The number of rotatable bonds is 5. The monoisotopic (exact) mass is 318 g/mol. The van der Waals surface area contributed by atoms with Crippen LogP contribution in [0.15, 0.2) is 34.5 Å². The molecule has 6 nitrogen and oxygen atoms in total. The third-order valence-electron chi connectivity index (χ3n) is 4.19. The van der Waals surface area contributed by atoms with E-state index in [1.165, 1.54) is 0 Å². The van der Waals surface area contributed by atoms with E-state index in [0.717, 1.165) is 31.8 Å². The number of halogens is 1. The molecule has 2 aromatic rings. The molecule has 0 N–H and O–H groups in total. The van der Waals surface area contributed by atoms with Crippen molar-refractivity contribution >= 4 is 23.4 Å². The van der Waals surface area contributed by atoms with Gasteiger partial charge in [0.25, 0.3) is 6.01 Å². The molecule has 2 saturated heterocycles. The van der Waals surface area contributed by atoms with Crippen LogP contribution in [-0.2, 0) is 9.53 Å². The average Bonchev–Trinajstić information content (AvgIpc) is 2.88. The quantitative estimate of drug-likeness (QED) is 0.621. The summed E-state index contributed by atoms with van der Waals surface area (Å²) in [6.45, 7) is 3.28. The zero-order chi connectivity index (χ0) is 15.9. The van der Waals surface area contributed by atoms with Crippen LogP contribution in [0.4, 0.5) is 10.4 Å². The molecule has 4 rings (SSSR count). The number of oxazole rings is 1. The summed E-state index contributed by atoms with van der Waals surface area (Å²) in [6, 6.07) is 5.77. The first-order valence-electron chi connectivity index (χ1n) is 7.32. The highest BCUT2D eigenvalue weighted by atomic mass is 19.1. The topological polar surface area (TPSA) is 64.8 Å². The van der Waals surface area contributed by atoms with Crippen LogP contribution >= 0.6 is 0 Å². The SMILES string of the molecule is O=C/C(=C/F)COc1ccc2nc(N3CC4(COC4)C3)oc2c1. The van der Waals surface area contributed by atoms with Crippen LogP contribution < -0.4 is 9.64 Å². The van der Waals surface area contributed by atoms with Gasteiger partial charge in [0.2, 0.25) is 0 Å². The van der Waals surface area contributed by atoms with Gasteiger partial charge in [-0.2, -0.15) is 4.98 Å². The molecule has 1 spiro atoms. The van der Waals surface area contributed by atoms with Gasteiger partial charge in [0, 0.05) is 19.2 Å². The van der Waals surface area contributed by atoms with Gasteiger partial charge in [-0.1, -0.05) is 0 Å². The summed E-state index contributed by atoms with van der Waals surface area (Å²) in [6.07, 6.45) is 0.664. The van der Waals surface area contributed by atoms with Crippen LogP contribution in [0.3, 0.4) is 0 Å². The second-order valence-electron chi connectivity index (χ2n) is 6.07. The Morgan fingerprint density at radius 2 is 2.26 bits per heavy atom. The van der Waals surface area contributed by atoms with Gasteiger partial charge in [0.15, 0.2) is 11.9 Å². The molecule has 23 heavy (non-hydrogen) atoms. The van der Waals surface area contributed by atoms with Gasteiger partial charge in [-0.15, -0.1) is 0 Å². The molecule has 0 radical (unpaired) electrons. The summed E-state index contributed by atoms with van der Waals surface area (Å²) in [4.78, 5) is 17.1. The third-order valence-corrected chi connectivity index (χ3v) is 4.19. The van der Waals surface area contributed by atoms with E-state index in [-0.39, 0.29) is 18.5 Å². The number of carbonyl (C=O) groups excluding carboxylic acids is 1. The van der Waals surface area contributed by atoms with Crippen molar-refractivity contribution in [2.24, 2.45) is 5.41 Å². The van der Waals surface area contributed by atoms with E-state index >= 15 is 0 Å². The molecule has 0 atom stereocenters. The molecule has 0 bridgehead atoms. The summed E-state index contributed by atoms with van der Waals surface area (Å²) in [5.74, 6) is 0.494. The highest BCUT2D eigenvalue weighted by molar-refractivity contribution is 5.76. The lowest BCUT2D eigenvalue weighted by Crippen LogP contribution is -2.66.